The van der Waals surface area contributed by atoms with Gasteiger partial charge in [-0.25, -0.2) is 9.59 Å². The Bertz CT molecular complexity index is 1330. The molecule has 6 nitrogen and oxygen atoms in total. The van der Waals surface area contributed by atoms with Gasteiger partial charge in [0.15, 0.2) is 0 Å². The number of hydrogen-bond acceptors (Lipinski definition) is 4. The summed E-state index contributed by atoms with van der Waals surface area (Å²) >= 11 is 0. The lowest BCUT2D eigenvalue weighted by Crippen LogP contribution is -2.07. The predicted octanol–water partition coefficient (Wildman–Crippen LogP) is 6.39. The van der Waals surface area contributed by atoms with Crippen molar-refractivity contribution in [3.8, 4) is 11.5 Å². The molecule has 0 bridgehead atoms. The first kappa shape index (κ1) is 25.5. The molecule has 0 spiro atoms. The molecule has 0 heterocycles. The lowest BCUT2D eigenvalue weighted by molar-refractivity contribution is 0.0682. The molecule has 4 aromatic rings. The summed E-state index contributed by atoms with van der Waals surface area (Å²) in [6.45, 7) is 3.89. The second-order valence-corrected chi connectivity index (χ2v) is 9.20. The maximum atomic E-state index is 12.0. The van der Waals surface area contributed by atoms with Crippen LogP contribution < -0.4 is 0 Å². The van der Waals surface area contributed by atoms with E-state index in [0.717, 1.165) is 11.1 Å². The number of carbonyl (C=O) groups is 2. The molecule has 0 saturated carbocycles. The molecule has 6 heteroatoms. The minimum absolute atomic E-state index is 0.0527. The van der Waals surface area contributed by atoms with Gasteiger partial charge in [0.2, 0.25) is 0 Å². The predicted molar refractivity (Wildman–Crippen MR) is 141 cm³/mol. The van der Waals surface area contributed by atoms with Crippen molar-refractivity contribution < 1.29 is 30.0 Å². The average Bonchev–Trinajstić information content (AvgIpc) is 2.90. The summed E-state index contributed by atoms with van der Waals surface area (Å²) < 4.78 is 0. The van der Waals surface area contributed by atoms with Gasteiger partial charge >= 0.3 is 11.9 Å². The minimum Gasteiger partial charge on any atom is -0.507 e. The normalized spacial score (nSPS) is 12.6. The van der Waals surface area contributed by atoms with E-state index in [2.05, 4.69) is 0 Å². The molecule has 4 rings (SSSR count). The summed E-state index contributed by atoms with van der Waals surface area (Å²) in [5.41, 5.74) is 3.40. The fraction of sp³-hybridized carbons (Fsp3) is 0.161. The van der Waals surface area contributed by atoms with E-state index in [4.69, 9.17) is 0 Å². The molecule has 0 fully saturated rings. The maximum absolute atomic E-state index is 12.0. The number of rotatable bonds is 8. The van der Waals surface area contributed by atoms with Crippen LogP contribution in [0, 0.1) is 0 Å². The van der Waals surface area contributed by atoms with Crippen molar-refractivity contribution in [1.82, 2.24) is 0 Å². The van der Waals surface area contributed by atoms with Gasteiger partial charge in [-0.15, -0.1) is 0 Å². The Morgan fingerprint density at radius 2 is 0.946 bits per heavy atom. The Hall–Kier alpha value is -4.58. The Morgan fingerprint density at radius 1 is 0.595 bits per heavy atom. The topological polar surface area (TPSA) is 115 Å². The van der Waals surface area contributed by atoms with Crippen LogP contribution in [0.3, 0.4) is 0 Å². The summed E-state index contributed by atoms with van der Waals surface area (Å²) in [4.78, 5) is 23.9. The molecule has 0 radical (unpaired) electrons. The van der Waals surface area contributed by atoms with Crippen LogP contribution in [0.1, 0.15) is 79.8 Å². The summed E-state index contributed by atoms with van der Waals surface area (Å²) in [5, 5.41) is 41.2. The van der Waals surface area contributed by atoms with Crippen molar-refractivity contribution >= 4 is 11.9 Å². The highest BCUT2D eigenvalue weighted by atomic mass is 16.4. The molecule has 0 aliphatic heterocycles. The Morgan fingerprint density at radius 3 is 1.27 bits per heavy atom. The molecular formula is C31H28O6. The molecule has 0 saturated heterocycles. The van der Waals surface area contributed by atoms with Crippen molar-refractivity contribution in [1.29, 1.82) is 0 Å². The molecule has 0 amide bonds. The lowest BCUT2D eigenvalue weighted by atomic mass is 9.86. The molecule has 188 valence electrons. The zero-order valence-electron chi connectivity index (χ0n) is 20.6. The van der Waals surface area contributed by atoms with Gasteiger partial charge in [-0.3, -0.25) is 0 Å². The molecule has 37 heavy (non-hydrogen) atoms. The third-order valence-electron chi connectivity index (χ3n) is 6.86. The first-order valence-electron chi connectivity index (χ1n) is 11.9. The molecule has 2 atom stereocenters. The first-order chi connectivity index (χ1) is 17.7. The van der Waals surface area contributed by atoms with Gasteiger partial charge in [0.05, 0.1) is 0 Å². The van der Waals surface area contributed by atoms with E-state index in [1.54, 1.807) is 12.1 Å². The molecule has 0 aliphatic rings. The monoisotopic (exact) mass is 496 g/mol. The van der Waals surface area contributed by atoms with E-state index in [1.807, 2.05) is 74.5 Å². The number of carboxylic acid groups (broad SMARTS) is 2. The highest BCUT2D eigenvalue weighted by molar-refractivity contribution is 5.93. The van der Waals surface area contributed by atoms with E-state index < -0.39 is 23.4 Å². The zero-order valence-corrected chi connectivity index (χ0v) is 20.6. The molecule has 4 aromatic carbocycles. The van der Waals surface area contributed by atoms with E-state index in [1.165, 1.54) is 12.1 Å². The van der Waals surface area contributed by atoms with Crippen LogP contribution >= 0.6 is 0 Å². The van der Waals surface area contributed by atoms with Crippen LogP contribution in [0.5, 0.6) is 11.5 Å². The standard InChI is InChI=1S/C31H28O6/c1-18(20-9-5-3-6-10-20)22-13-24(28(32)26(16-22)30(34)35)15-25-14-23(17-27(29(25)33)31(36)37)19(2)21-11-7-4-8-12-21/h3-14,16-19,32-33H,15H2,1-2H3,(H,34,35)(H,36,37). The zero-order chi connectivity index (χ0) is 26.7. The van der Waals surface area contributed by atoms with Crippen molar-refractivity contribution in [3.05, 3.63) is 129 Å². The molecule has 0 aliphatic carbocycles. The third-order valence-corrected chi connectivity index (χ3v) is 6.86. The van der Waals surface area contributed by atoms with Crippen LogP contribution in [0.4, 0.5) is 0 Å². The van der Waals surface area contributed by atoms with Gasteiger partial charge in [-0.2, -0.15) is 0 Å². The SMILES string of the molecule is CC(c1ccccc1)c1cc(Cc2cc(C(C)c3ccccc3)cc(C(=O)O)c2O)c(O)c(C(=O)O)c1. The van der Waals surface area contributed by atoms with E-state index in [9.17, 15) is 30.0 Å². The number of hydrogen-bond donors (Lipinski definition) is 4. The van der Waals surface area contributed by atoms with Gasteiger partial charge in [0, 0.05) is 18.3 Å². The number of benzene rings is 4. The highest BCUT2D eigenvalue weighted by Crippen LogP contribution is 2.37. The van der Waals surface area contributed by atoms with Crippen LogP contribution in [0.15, 0.2) is 84.9 Å². The number of carboxylic acids is 2. The van der Waals surface area contributed by atoms with Gasteiger partial charge in [0.25, 0.3) is 0 Å². The fourth-order valence-corrected chi connectivity index (χ4v) is 4.61. The molecule has 0 aromatic heterocycles. The number of aromatic hydroxyl groups is 2. The number of phenols is 2. The molecule has 4 N–H and O–H groups in total. The second kappa shape index (κ2) is 10.6. The Labute approximate surface area is 215 Å². The second-order valence-electron chi connectivity index (χ2n) is 9.20. The van der Waals surface area contributed by atoms with Gasteiger partial charge in [-0.1, -0.05) is 86.6 Å². The van der Waals surface area contributed by atoms with Crippen molar-refractivity contribution in [2.75, 3.05) is 0 Å². The maximum Gasteiger partial charge on any atom is 0.339 e. The Kier molecular flexibility index (Phi) is 7.30. The van der Waals surface area contributed by atoms with Gasteiger partial charge in [0.1, 0.15) is 22.6 Å². The highest BCUT2D eigenvalue weighted by Gasteiger charge is 2.23. The summed E-state index contributed by atoms with van der Waals surface area (Å²) in [6, 6.07) is 25.5. The van der Waals surface area contributed by atoms with Crippen molar-refractivity contribution in [2.24, 2.45) is 0 Å². The number of aromatic carboxylic acids is 2. The smallest absolute Gasteiger partial charge is 0.339 e. The first-order valence-corrected chi connectivity index (χ1v) is 11.9. The summed E-state index contributed by atoms with van der Waals surface area (Å²) in [5.74, 6) is -3.69. The molecule has 2 unspecified atom stereocenters. The van der Waals surface area contributed by atoms with E-state index in [0.29, 0.717) is 11.1 Å². The molecular weight excluding hydrogens is 468 g/mol. The summed E-state index contributed by atoms with van der Waals surface area (Å²) in [6.07, 6.45) is -0.0527. The summed E-state index contributed by atoms with van der Waals surface area (Å²) in [7, 11) is 0. The van der Waals surface area contributed by atoms with Crippen LogP contribution in [-0.4, -0.2) is 32.4 Å². The van der Waals surface area contributed by atoms with Gasteiger partial charge < -0.3 is 20.4 Å². The quantitative estimate of drug-likeness (QED) is 0.225. The van der Waals surface area contributed by atoms with Crippen LogP contribution in [-0.2, 0) is 6.42 Å². The Balaban J connectivity index is 1.83. The average molecular weight is 497 g/mol. The largest absolute Gasteiger partial charge is 0.507 e. The fourth-order valence-electron chi connectivity index (χ4n) is 4.61. The van der Waals surface area contributed by atoms with Crippen LogP contribution in [0.25, 0.3) is 0 Å². The lowest BCUT2D eigenvalue weighted by Gasteiger charge is -2.19. The van der Waals surface area contributed by atoms with E-state index in [-0.39, 0.29) is 40.5 Å². The van der Waals surface area contributed by atoms with E-state index >= 15 is 0 Å². The van der Waals surface area contributed by atoms with Crippen LogP contribution in [0.2, 0.25) is 0 Å². The minimum atomic E-state index is -1.28. The van der Waals surface area contributed by atoms with Crippen molar-refractivity contribution in [2.45, 2.75) is 32.1 Å². The van der Waals surface area contributed by atoms with Gasteiger partial charge in [-0.05, 0) is 45.5 Å². The van der Waals surface area contributed by atoms with Crippen molar-refractivity contribution in [3.63, 3.8) is 0 Å². The third kappa shape index (κ3) is 5.33.